The fourth-order valence-electron chi connectivity index (χ4n) is 4.55. The van der Waals surface area contributed by atoms with E-state index in [-0.39, 0.29) is 6.04 Å². The third-order valence-electron chi connectivity index (χ3n) is 5.94. The van der Waals surface area contributed by atoms with Crippen molar-refractivity contribution in [2.75, 3.05) is 20.8 Å². The highest BCUT2D eigenvalue weighted by atomic mass is 32.1. The van der Waals surface area contributed by atoms with Crippen molar-refractivity contribution >= 4 is 17.2 Å². The summed E-state index contributed by atoms with van der Waals surface area (Å²) in [6.07, 6.45) is 6.48. The molecule has 2 aliphatic rings. The number of thiophene rings is 1. The van der Waals surface area contributed by atoms with E-state index in [0.29, 0.717) is 18.2 Å². The van der Waals surface area contributed by atoms with Crippen molar-refractivity contribution in [3.8, 4) is 11.5 Å². The van der Waals surface area contributed by atoms with Gasteiger partial charge in [0.05, 0.1) is 20.3 Å². The highest BCUT2D eigenvalue weighted by Gasteiger charge is 2.34. The Kier molecular flexibility index (Phi) is 5.39. The van der Waals surface area contributed by atoms with E-state index in [4.69, 9.17) is 9.47 Å². The molecule has 0 unspecified atom stereocenters. The van der Waals surface area contributed by atoms with Crippen LogP contribution in [0.15, 0.2) is 29.6 Å². The predicted octanol–water partition coefficient (Wildman–Crippen LogP) is 4.82. The van der Waals surface area contributed by atoms with Crippen LogP contribution in [0.3, 0.4) is 0 Å². The number of amides is 1. The van der Waals surface area contributed by atoms with Gasteiger partial charge in [-0.25, -0.2) is 0 Å². The molecule has 1 aliphatic heterocycles. The Morgan fingerprint density at radius 3 is 2.59 bits per heavy atom. The van der Waals surface area contributed by atoms with Gasteiger partial charge in [0, 0.05) is 17.8 Å². The predicted molar refractivity (Wildman–Crippen MR) is 108 cm³/mol. The van der Waals surface area contributed by atoms with Crippen LogP contribution >= 0.6 is 11.3 Å². The second kappa shape index (κ2) is 7.93. The molecule has 2 aromatic rings. The van der Waals surface area contributed by atoms with E-state index in [2.05, 4.69) is 34.5 Å². The van der Waals surface area contributed by atoms with Crippen LogP contribution in [0.5, 0.6) is 11.5 Å². The average molecular weight is 386 g/mol. The highest BCUT2D eigenvalue weighted by molar-refractivity contribution is 7.10. The molecule has 4 nitrogen and oxygen atoms in total. The molecule has 5 heteroatoms. The zero-order valence-electron chi connectivity index (χ0n) is 16.1. The maximum absolute atomic E-state index is 13.2. The molecule has 0 radical (unpaired) electrons. The van der Waals surface area contributed by atoms with Gasteiger partial charge in [-0.3, -0.25) is 4.79 Å². The van der Waals surface area contributed by atoms with E-state index in [9.17, 15) is 4.79 Å². The molecular weight excluding hydrogens is 358 g/mol. The van der Waals surface area contributed by atoms with Crippen LogP contribution in [0, 0.1) is 5.92 Å². The fourth-order valence-corrected chi connectivity index (χ4v) is 5.40. The lowest BCUT2D eigenvalue weighted by atomic mass is 9.90. The van der Waals surface area contributed by atoms with Crippen molar-refractivity contribution in [3.05, 3.63) is 45.6 Å². The van der Waals surface area contributed by atoms with Crippen LogP contribution in [0.2, 0.25) is 0 Å². The standard InChI is InChI=1S/C22H27NO3S/c1-25-18-13-16-9-10-23(21(24)12-15-6-3-4-7-15)22(20-8-5-11-27-20)17(16)14-19(18)26-2/h5,8,11,13-15,22H,3-4,6-7,9-10,12H2,1-2H3/t22-/m0/s1. The molecule has 4 rings (SSSR count). The van der Waals surface area contributed by atoms with Crippen LogP contribution < -0.4 is 9.47 Å². The fraction of sp³-hybridized carbons (Fsp3) is 0.500. The molecule has 0 spiro atoms. The summed E-state index contributed by atoms with van der Waals surface area (Å²) in [7, 11) is 3.33. The van der Waals surface area contributed by atoms with Crippen molar-refractivity contribution in [3.63, 3.8) is 0 Å². The minimum Gasteiger partial charge on any atom is -0.493 e. The molecule has 0 bridgehead atoms. The van der Waals surface area contributed by atoms with Crippen LogP contribution in [0.1, 0.15) is 54.1 Å². The van der Waals surface area contributed by atoms with E-state index in [1.807, 2.05) is 0 Å². The summed E-state index contributed by atoms with van der Waals surface area (Å²) in [6, 6.07) is 8.31. The van der Waals surface area contributed by atoms with Crippen LogP contribution in [0.25, 0.3) is 0 Å². The summed E-state index contributed by atoms with van der Waals surface area (Å²) in [5.74, 6) is 2.34. The third-order valence-corrected chi connectivity index (χ3v) is 6.87. The molecule has 1 aliphatic carbocycles. The Bertz CT molecular complexity index is 796. The largest absolute Gasteiger partial charge is 0.493 e. The minimum atomic E-state index is -0.0255. The number of hydrogen-bond acceptors (Lipinski definition) is 4. The van der Waals surface area contributed by atoms with Gasteiger partial charge < -0.3 is 14.4 Å². The topological polar surface area (TPSA) is 38.8 Å². The maximum atomic E-state index is 13.2. The number of benzene rings is 1. The first-order valence-electron chi connectivity index (χ1n) is 9.79. The van der Waals surface area contributed by atoms with E-state index in [0.717, 1.165) is 24.5 Å². The molecule has 1 aromatic heterocycles. The molecule has 1 saturated carbocycles. The van der Waals surface area contributed by atoms with Gasteiger partial charge in [0.2, 0.25) is 5.91 Å². The average Bonchev–Trinajstić information content (AvgIpc) is 3.39. The zero-order valence-corrected chi connectivity index (χ0v) is 16.9. The summed E-state index contributed by atoms with van der Waals surface area (Å²) in [5.41, 5.74) is 2.41. The van der Waals surface area contributed by atoms with Crippen LogP contribution in [-0.2, 0) is 11.2 Å². The van der Waals surface area contributed by atoms with Crippen molar-refractivity contribution in [1.82, 2.24) is 4.90 Å². The number of methoxy groups -OCH3 is 2. The number of fused-ring (bicyclic) bond motifs is 1. The summed E-state index contributed by atoms with van der Waals surface area (Å²) >= 11 is 1.71. The second-order valence-corrected chi connectivity index (χ2v) is 8.49. The summed E-state index contributed by atoms with van der Waals surface area (Å²) in [6.45, 7) is 0.761. The van der Waals surface area contributed by atoms with Gasteiger partial charge in [0.1, 0.15) is 0 Å². The Balaban J connectivity index is 1.70. The molecule has 144 valence electrons. The first-order chi connectivity index (χ1) is 13.2. The lowest BCUT2D eigenvalue weighted by Crippen LogP contribution is -2.40. The van der Waals surface area contributed by atoms with E-state index >= 15 is 0 Å². The van der Waals surface area contributed by atoms with Crippen molar-refractivity contribution in [2.24, 2.45) is 5.92 Å². The SMILES string of the molecule is COc1cc2c(cc1OC)[C@@H](c1cccs1)N(C(=O)CC1CCCC1)CC2. The minimum absolute atomic E-state index is 0.0255. The van der Waals surface area contributed by atoms with Crippen LogP contribution in [0.4, 0.5) is 0 Å². The van der Waals surface area contributed by atoms with Crippen molar-refractivity contribution in [2.45, 2.75) is 44.6 Å². The Labute approximate surface area is 165 Å². The molecule has 1 atom stereocenters. The van der Waals surface area contributed by atoms with Gasteiger partial charge in [-0.05, 0) is 59.9 Å². The Morgan fingerprint density at radius 1 is 1.19 bits per heavy atom. The number of nitrogens with zero attached hydrogens (tertiary/aromatic N) is 1. The van der Waals surface area contributed by atoms with Gasteiger partial charge in [-0.15, -0.1) is 11.3 Å². The maximum Gasteiger partial charge on any atom is 0.223 e. The lowest BCUT2D eigenvalue weighted by Gasteiger charge is -2.38. The highest BCUT2D eigenvalue weighted by Crippen LogP contribution is 2.43. The van der Waals surface area contributed by atoms with E-state index in [1.54, 1.807) is 25.6 Å². The lowest BCUT2D eigenvalue weighted by molar-refractivity contribution is -0.134. The smallest absolute Gasteiger partial charge is 0.223 e. The summed E-state index contributed by atoms with van der Waals surface area (Å²) in [4.78, 5) is 16.5. The van der Waals surface area contributed by atoms with Gasteiger partial charge in [0.25, 0.3) is 0 Å². The molecule has 1 aromatic carbocycles. The summed E-state index contributed by atoms with van der Waals surface area (Å²) < 4.78 is 11.0. The number of rotatable bonds is 5. The number of carbonyl (C=O) groups excluding carboxylic acids is 1. The van der Waals surface area contributed by atoms with E-state index < -0.39 is 0 Å². The number of carbonyl (C=O) groups is 1. The quantitative estimate of drug-likeness (QED) is 0.741. The third kappa shape index (κ3) is 3.57. The van der Waals surface area contributed by atoms with Crippen LogP contribution in [-0.4, -0.2) is 31.6 Å². The first kappa shape index (κ1) is 18.4. The van der Waals surface area contributed by atoms with Gasteiger partial charge >= 0.3 is 0 Å². The number of hydrogen-bond donors (Lipinski definition) is 0. The Hall–Kier alpha value is -2.01. The molecule has 1 fully saturated rings. The first-order valence-corrected chi connectivity index (χ1v) is 10.7. The second-order valence-electron chi connectivity index (χ2n) is 7.52. The van der Waals surface area contributed by atoms with Gasteiger partial charge in [0.15, 0.2) is 11.5 Å². The molecule has 1 amide bonds. The van der Waals surface area contributed by atoms with Crippen molar-refractivity contribution < 1.29 is 14.3 Å². The number of ether oxygens (including phenoxy) is 2. The molecular formula is C22H27NO3S. The zero-order chi connectivity index (χ0) is 18.8. The Morgan fingerprint density at radius 2 is 1.93 bits per heavy atom. The summed E-state index contributed by atoms with van der Waals surface area (Å²) in [5, 5.41) is 2.09. The van der Waals surface area contributed by atoms with Gasteiger partial charge in [-0.1, -0.05) is 18.9 Å². The molecule has 27 heavy (non-hydrogen) atoms. The van der Waals surface area contributed by atoms with E-state index in [1.165, 1.54) is 41.7 Å². The monoisotopic (exact) mass is 385 g/mol. The normalized spacial score (nSPS) is 19.8. The molecule has 0 saturated heterocycles. The van der Waals surface area contributed by atoms with Crippen molar-refractivity contribution in [1.29, 1.82) is 0 Å². The molecule has 2 heterocycles. The molecule has 0 N–H and O–H groups in total. The van der Waals surface area contributed by atoms with Gasteiger partial charge in [-0.2, -0.15) is 0 Å².